The molecule has 9 nitrogen and oxygen atoms in total. The topological polar surface area (TPSA) is 97.5 Å². The maximum absolute atomic E-state index is 13.6. The molecule has 1 aliphatic heterocycles. The molecule has 2 aromatic heterocycles. The lowest BCUT2D eigenvalue weighted by Crippen LogP contribution is -2.49. The van der Waals surface area contributed by atoms with Crippen molar-refractivity contribution in [3.63, 3.8) is 0 Å². The molecule has 0 spiro atoms. The molecular formula is C29H33N7O2. The summed E-state index contributed by atoms with van der Waals surface area (Å²) in [5.74, 6) is 0.640. The molecule has 1 fully saturated rings. The Balaban J connectivity index is 1.36. The molecule has 0 atom stereocenters. The Morgan fingerprint density at radius 3 is 2.47 bits per heavy atom. The van der Waals surface area contributed by atoms with E-state index in [1.807, 2.05) is 46.3 Å². The van der Waals surface area contributed by atoms with E-state index < -0.39 is 0 Å². The number of aromatic nitrogens is 3. The summed E-state index contributed by atoms with van der Waals surface area (Å²) < 4.78 is 0. The second-order valence-electron chi connectivity index (χ2n) is 9.64. The van der Waals surface area contributed by atoms with Crippen molar-refractivity contribution in [3.05, 3.63) is 77.7 Å². The number of hydrogen-bond donors (Lipinski definition) is 2. The molecule has 9 heteroatoms. The lowest BCUT2D eigenvalue weighted by molar-refractivity contribution is -0.118. The Bertz CT molecular complexity index is 1440. The van der Waals surface area contributed by atoms with Gasteiger partial charge in [-0.2, -0.15) is 0 Å². The number of nitrogens with one attached hydrogen (secondary N) is 2. The van der Waals surface area contributed by atoms with Crippen LogP contribution in [0.4, 0.5) is 17.2 Å². The van der Waals surface area contributed by atoms with E-state index in [9.17, 15) is 9.59 Å². The number of amides is 2. The summed E-state index contributed by atoms with van der Waals surface area (Å²) in [6.07, 6.45) is 3.34. The minimum Gasteiger partial charge on any atom is -0.368 e. The number of hydrogen-bond acceptors (Lipinski definition) is 6. The first-order chi connectivity index (χ1) is 18.4. The molecule has 0 unspecified atom stereocenters. The van der Waals surface area contributed by atoms with Crippen molar-refractivity contribution in [1.82, 2.24) is 25.2 Å². The van der Waals surface area contributed by atoms with Crippen molar-refractivity contribution in [2.45, 2.75) is 20.8 Å². The second kappa shape index (κ2) is 10.9. The van der Waals surface area contributed by atoms with Crippen LogP contribution in [0.3, 0.4) is 0 Å². The Morgan fingerprint density at radius 2 is 1.74 bits per heavy atom. The number of H-pyrrole nitrogens is 1. The van der Waals surface area contributed by atoms with E-state index in [4.69, 9.17) is 0 Å². The summed E-state index contributed by atoms with van der Waals surface area (Å²) in [5.41, 5.74) is 5.99. The van der Waals surface area contributed by atoms with Crippen LogP contribution in [0.2, 0.25) is 0 Å². The fourth-order valence-corrected chi connectivity index (χ4v) is 5.20. The van der Waals surface area contributed by atoms with Gasteiger partial charge in [0.25, 0.3) is 5.91 Å². The second-order valence-corrected chi connectivity index (χ2v) is 9.64. The minimum absolute atomic E-state index is 0.0179. The Kier molecular flexibility index (Phi) is 7.26. The maximum Gasteiger partial charge on any atom is 0.254 e. The summed E-state index contributed by atoms with van der Waals surface area (Å²) in [6, 6.07) is 15.9. The predicted molar refractivity (Wildman–Crippen MR) is 150 cm³/mol. The third-order valence-electron chi connectivity index (χ3n) is 7.03. The van der Waals surface area contributed by atoms with Gasteiger partial charge >= 0.3 is 0 Å². The first-order valence-electron chi connectivity index (χ1n) is 12.9. The Morgan fingerprint density at radius 1 is 1.00 bits per heavy atom. The molecule has 3 heterocycles. The van der Waals surface area contributed by atoms with Gasteiger partial charge in [0.1, 0.15) is 17.8 Å². The number of carbonyl (C=O) groups excluding carboxylic acids is 2. The van der Waals surface area contributed by atoms with Crippen LogP contribution in [-0.4, -0.2) is 70.9 Å². The lowest BCUT2D eigenvalue weighted by atomic mass is 10.1. The first kappa shape index (κ1) is 25.3. The molecule has 0 bridgehead atoms. The fourth-order valence-electron chi connectivity index (χ4n) is 5.20. The number of carbonyl (C=O) groups is 2. The largest absolute Gasteiger partial charge is 0.368 e. The van der Waals surface area contributed by atoms with Crippen LogP contribution in [0.5, 0.6) is 0 Å². The highest BCUT2D eigenvalue weighted by molar-refractivity contribution is 5.96. The molecule has 4 aromatic rings. The van der Waals surface area contributed by atoms with Crippen molar-refractivity contribution in [2.75, 3.05) is 49.1 Å². The normalized spacial score (nSPS) is 13.6. The molecule has 0 aliphatic carbocycles. The van der Waals surface area contributed by atoms with Gasteiger partial charge in [-0.1, -0.05) is 24.3 Å². The lowest BCUT2D eigenvalue weighted by Gasteiger charge is -2.37. The van der Waals surface area contributed by atoms with Crippen molar-refractivity contribution < 1.29 is 9.59 Å². The van der Waals surface area contributed by atoms with Gasteiger partial charge in [0.2, 0.25) is 5.91 Å². The highest BCUT2D eigenvalue weighted by Gasteiger charge is 2.25. The van der Waals surface area contributed by atoms with Crippen molar-refractivity contribution in [3.8, 4) is 0 Å². The van der Waals surface area contributed by atoms with Crippen LogP contribution in [0.1, 0.15) is 28.4 Å². The zero-order valence-electron chi connectivity index (χ0n) is 22.1. The number of rotatable bonds is 7. The van der Waals surface area contributed by atoms with Gasteiger partial charge in [0.05, 0.1) is 5.39 Å². The Hall–Kier alpha value is -4.40. The number of piperazine rings is 1. The highest BCUT2D eigenvalue weighted by atomic mass is 16.2. The number of anilines is 3. The Labute approximate surface area is 222 Å². The summed E-state index contributed by atoms with van der Waals surface area (Å²) in [6.45, 7) is 9.63. The standard InChI is InChI=1S/C29H33N7O2/c1-20-6-4-7-21(2)26(20)34-14-16-35(17-15-34)29(38)23-8-5-9-24(18-23)36(13-12-30-22(3)37)28-25-10-11-31-27(25)32-19-33-28/h4-11,18-19H,12-17H2,1-3H3,(H,30,37)(H,31,32,33). The molecule has 0 saturated carbocycles. The van der Waals surface area contributed by atoms with Crippen LogP contribution in [-0.2, 0) is 4.79 Å². The number of para-hydroxylation sites is 1. The molecule has 2 N–H and O–H groups in total. The summed E-state index contributed by atoms with van der Waals surface area (Å²) >= 11 is 0. The SMILES string of the molecule is CC(=O)NCCN(c1cccc(C(=O)N2CCN(c3c(C)cccc3C)CC2)c1)c1ncnc2[nH]ccc12. The molecule has 196 valence electrons. The van der Waals surface area contributed by atoms with Crippen LogP contribution < -0.4 is 15.1 Å². The average molecular weight is 512 g/mol. The van der Waals surface area contributed by atoms with Gasteiger partial charge in [-0.15, -0.1) is 0 Å². The van der Waals surface area contributed by atoms with E-state index in [-0.39, 0.29) is 11.8 Å². The van der Waals surface area contributed by atoms with E-state index in [0.29, 0.717) is 37.6 Å². The van der Waals surface area contributed by atoms with Crippen LogP contribution in [0.15, 0.2) is 61.1 Å². The van der Waals surface area contributed by atoms with E-state index in [1.54, 1.807) is 0 Å². The predicted octanol–water partition coefficient (Wildman–Crippen LogP) is 3.81. The maximum atomic E-state index is 13.6. The monoisotopic (exact) mass is 511 g/mol. The minimum atomic E-state index is -0.0941. The zero-order valence-corrected chi connectivity index (χ0v) is 22.1. The molecule has 1 saturated heterocycles. The first-order valence-corrected chi connectivity index (χ1v) is 12.9. The smallest absolute Gasteiger partial charge is 0.254 e. The molecule has 38 heavy (non-hydrogen) atoms. The molecule has 5 rings (SSSR count). The third kappa shape index (κ3) is 5.18. The van der Waals surface area contributed by atoms with E-state index >= 15 is 0 Å². The number of aromatic amines is 1. The summed E-state index contributed by atoms with van der Waals surface area (Å²) in [7, 11) is 0. The van der Waals surface area contributed by atoms with E-state index in [2.05, 4.69) is 57.2 Å². The average Bonchev–Trinajstić information content (AvgIpc) is 3.40. The van der Waals surface area contributed by atoms with Gasteiger partial charge in [0.15, 0.2) is 0 Å². The quantitative estimate of drug-likeness (QED) is 0.392. The molecule has 2 aromatic carbocycles. The number of nitrogens with zero attached hydrogens (tertiary/aromatic N) is 5. The summed E-state index contributed by atoms with van der Waals surface area (Å²) in [4.78, 5) is 43.4. The van der Waals surface area contributed by atoms with Gasteiger partial charge in [-0.25, -0.2) is 9.97 Å². The van der Waals surface area contributed by atoms with Crippen LogP contribution in [0, 0.1) is 13.8 Å². The van der Waals surface area contributed by atoms with Crippen LogP contribution in [0.25, 0.3) is 11.0 Å². The van der Waals surface area contributed by atoms with Gasteiger partial charge in [-0.3, -0.25) is 9.59 Å². The molecular weight excluding hydrogens is 478 g/mol. The van der Waals surface area contributed by atoms with Crippen molar-refractivity contribution in [1.29, 1.82) is 0 Å². The van der Waals surface area contributed by atoms with Crippen molar-refractivity contribution >= 4 is 40.0 Å². The molecule has 2 amide bonds. The molecule has 1 aliphatic rings. The van der Waals surface area contributed by atoms with Crippen molar-refractivity contribution in [2.24, 2.45) is 0 Å². The third-order valence-corrected chi connectivity index (χ3v) is 7.03. The van der Waals surface area contributed by atoms with Gasteiger partial charge in [-0.05, 0) is 49.2 Å². The van der Waals surface area contributed by atoms with E-state index in [1.165, 1.54) is 30.1 Å². The number of aryl methyl sites for hydroxylation is 2. The van der Waals surface area contributed by atoms with Gasteiger partial charge in [0, 0.05) is 69.3 Å². The number of benzene rings is 2. The van der Waals surface area contributed by atoms with Crippen LogP contribution >= 0.6 is 0 Å². The fraction of sp³-hybridized carbons (Fsp3) is 0.310. The number of fused-ring (bicyclic) bond motifs is 1. The van der Waals surface area contributed by atoms with E-state index in [0.717, 1.165) is 29.8 Å². The van der Waals surface area contributed by atoms with Gasteiger partial charge < -0.3 is 25.0 Å². The highest BCUT2D eigenvalue weighted by Crippen LogP contribution is 2.30. The zero-order chi connectivity index (χ0) is 26.6. The molecule has 0 radical (unpaired) electrons. The summed E-state index contributed by atoms with van der Waals surface area (Å²) in [5, 5.41) is 3.73.